The number of hydrogen-bond acceptors (Lipinski definition) is 4. The van der Waals surface area contributed by atoms with Crippen LogP contribution in [0.2, 0.25) is 0 Å². The Hall–Kier alpha value is -1.26. The summed E-state index contributed by atoms with van der Waals surface area (Å²) in [5, 5.41) is 3.44. The standard InChI is InChI=1S/C14H21N3O/c15-12-3-1-2-4-13(12)17-8-5-14(6-9-17)11-16-7-10-18-14/h1-4,16H,5-11,15H2. The molecule has 1 aromatic rings. The zero-order valence-corrected chi connectivity index (χ0v) is 10.7. The zero-order chi connectivity index (χ0) is 12.4. The summed E-state index contributed by atoms with van der Waals surface area (Å²) < 4.78 is 6.00. The van der Waals surface area contributed by atoms with Gasteiger partial charge in [0.15, 0.2) is 0 Å². The summed E-state index contributed by atoms with van der Waals surface area (Å²) in [5.74, 6) is 0. The monoisotopic (exact) mass is 247 g/mol. The molecule has 4 nitrogen and oxygen atoms in total. The fourth-order valence-corrected chi connectivity index (χ4v) is 2.96. The van der Waals surface area contributed by atoms with Crippen molar-refractivity contribution in [1.29, 1.82) is 0 Å². The first kappa shape index (κ1) is 11.8. The molecule has 2 fully saturated rings. The number of rotatable bonds is 1. The lowest BCUT2D eigenvalue weighted by molar-refractivity contribution is -0.0799. The molecule has 0 aromatic heterocycles. The highest BCUT2D eigenvalue weighted by Crippen LogP contribution is 2.32. The average molecular weight is 247 g/mol. The molecule has 3 rings (SSSR count). The lowest BCUT2D eigenvalue weighted by atomic mass is 9.89. The highest BCUT2D eigenvalue weighted by Gasteiger charge is 2.37. The first-order chi connectivity index (χ1) is 8.79. The molecule has 1 spiro atoms. The van der Waals surface area contributed by atoms with Crippen LogP contribution in [0.1, 0.15) is 12.8 Å². The number of para-hydroxylation sites is 2. The van der Waals surface area contributed by atoms with E-state index < -0.39 is 0 Å². The Morgan fingerprint density at radius 3 is 2.67 bits per heavy atom. The van der Waals surface area contributed by atoms with Gasteiger partial charge in [-0.3, -0.25) is 0 Å². The maximum Gasteiger partial charge on any atom is 0.0840 e. The molecule has 2 heterocycles. The van der Waals surface area contributed by atoms with E-state index in [2.05, 4.69) is 22.3 Å². The van der Waals surface area contributed by atoms with Crippen molar-refractivity contribution in [2.24, 2.45) is 0 Å². The molecule has 0 bridgehead atoms. The van der Waals surface area contributed by atoms with Gasteiger partial charge >= 0.3 is 0 Å². The lowest BCUT2D eigenvalue weighted by Crippen LogP contribution is -2.55. The van der Waals surface area contributed by atoms with Crippen LogP contribution in [0.3, 0.4) is 0 Å². The van der Waals surface area contributed by atoms with Gasteiger partial charge in [-0.1, -0.05) is 12.1 Å². The Balaban J connectivity index is 1.68. The third-order valence-electron chi connectivity index (χ3n) is 4.09. The molecule has 2 saturated heterocycles. The van der Waals surface area contributed by atoms with E-state index in [9.17, 15) is 0 Å². The number of nitrogens with zero attached hydrogens (tertiary/aromatic N) is 1. The maximum atomic E-state index is 6.04. The SMILES string of the molecule is Nc1ccccc1N1CCC2(CC1)CNCCO2. The molecule has 0 saturated carbocycles. The van der Waals surface area contributed by atoms with E-state index in [1.54, 1.807) is 0 Å². The number of ether oxygens (including phenoxy) is 1. The van der Waals surface area contributed by atoms with Crippen LogP contribution in [0.15, 0.2) is 24.3 Å². The van der Waals surface area contributed by atoms with Gasteiger partial charge in [0.25, 0.3) is 0 Å². The molecule has 0 amide bonds. The van der Waals surface area contributed by atoms with Crippen molar-refractivity contribution < 1.29 is 4.74 Å². The summed E-state index contributed by atoms with van der Waals surface area (Å²) in [6.45, 7) is 4.86. The predicted octanol–water partition coefficient (Wildman–Crippen LogP) is 1.23. The summed E-state index contributed by atoms with van der Waals surface area (Å²) in [5.41, 5.74) is 8.14. The van der Waals surface area contributed by atoms with Crippen molar-refractivity contribution in [3.05, 3.63) is 24.3 Å². The molecule has 98 valence electrons. The Kier molecular flexibility index (Phi) is 3.14. The Morgan fingerprint density at radius 2 is 2.00 bits per heavy atom. The van der Waals surface area contributed by atoms with Gasteiger partial charge in [0.2, 0.25) is 0 Å². The van der Waals surface area contributed by atoms with E-state index >= 15 is 0 Å². The molecule has 0 radical (unpaired) electrons. The number of morpholine rings is 1. The summed E-state index contributed by atoms with van der Waals surface area (Å²) in [6.07, 6.45) is 2.16. The summed E-state index contributed by atoms with van der Waals surface area (Å²) in [7, 11) is 0. The van der Waals surface area contributed by atoms with Crippen molar-refractivity contribution in [2.75, 3.05) is 43.4 Å². The fourth-order valence-electron chi connectivity index (χ4n) is 2.96. The second-order valence-corrected chi connectivity index (χ2v) is 5.25. The molecule has 4 heteroatoms. The highest BCUT2D eigenvalue weighted by atomic mass is 16.5. The van der Waals surface area contributed by atoms with Gasteiger partial charge < -0.3 is 20.7 Å². The van der Waals surface area contributed by atoms with Gasteiger partial charge in [-0.25, -0.2) is 0 Å². The summed E-state index contributed by atoms with van der Waals surface area (Å²) >= 11 is 0. The van der Waals surface area contributed by atoms with Gasteiger partial charge in [0, 0.05) is 26.2 Å². The van der Waals surface area contributed by atoms with Crippen molar-refractivity contribution >= 4 is 11.4 Å². The minimum atomic E-state index is 0.0678. The zero-order valence-electron chi connectivity index (χ0n) is 10.7. The fraction of sp³-hybridized carbons (Fsp3) is 0.571. The van der Waals surface area contributed by atoms with Gasteiger partial charge in [0.05, 0.1) is 23.6 Å². The topological polar surface area (TPSA) is 50.5 Å². The van der Waals surface area contributed by atoms with Gasteiger partial charge in [-0.2, -0.15) is 0 Å². The van der Waals surface area contributed by atoms with Crippen molar-refractivity contribution in [3.8, 4) is 0 Å². The molecular weight excluding hydrogens is 226 g/mol. The number of piperidine rings is 1. The molecule has 3 N–H and O–H groups in total. The highest BCUT2D eigenvalue weighted by molar-refractivity contribution is 5.67. The Bertz CT molecular complexity index is 405. The molecule has 0 aliphatic carbocycles. The number of hydrogen-bond donors (Lipinski definition) is 2. The second kappa shape index (κ2) is 4.78. The average Bonchev–Trinajstić information content (AvgIpc) is 2.42. The summed E-state index contributed by atoms with van der Waals surface area (Å²) in [6, 6.07) is 8.11. The van der Waals surface area contributed by atoms with Crippen LogP contribution >= 0.6 is 0 Å². The molecule has 0 unspecified atom stereocenters. The minimum Gasteiger partial charge on any atom is -0.397 e. The van der Waals surface area contributed by atoms with Gasteiger partial charge in [0.1, 0.15) is 0 Å². The van der Waals surface area contributed by atoms with E-state index in [0.717, 1.165) is 57.0 Å². The van der Waals surface area contributed by atoms with E-state index in [0.29, 0.717) is 0 Å². The quantitative estimate of drug-likeness (QED) is 0.733. The van der Waals surface area contributed by atoms with Crippen LogP contribution in [-0.2, 0) is 4.74 Å². The number of anilines is 2. The largest absolute Gasteiger partial charge is 0.397 e. The van der Waals surface area contributed by atoms with Gasteiger partial charge in [-0.05, 0) is 25.0 Å². The second-order valence-electron chi connectivity index (χ2n) is 5.25. The minimum absolute atomic E-state index is 0.0678. The van der Waals surface area contributed by atoms with Crippen molar-refractivity contribution in [2.45, 2.75) is 18.4 Å². The maximum absolute atomic E-state index is 6.04. The van der Waals surface area contributed by atoms with E-state index in [1.165, 1.54) is 0 Å². The number of nitrogens with two attached hydrogens (primary N) is 1. The molecular formula is C14H21N3O. The smallest absolute Gasteiger partial charge is 0.0840 e. The van der Waals surface area contributed by atoms with Crippen molar-refractivity contribution in [3.63, 3.8) is 0 Å². The van der Waals surface area contributed by atoms with Crippen LogP contribution in [0.25, 0.3) is 0 Å². The lowest BCUT2D eigenvalue weighted by Gasteiger charge is -2.45. The van der Waals surface area contributed by atoms with Crippen LogP contribution in [0.4, 0.5) is 11.4 Å². The molecule has 18 heavy (non-hydrogen) atoms. The number of nitrogen functional groups attached to an aromatic ring is 1. The first-order valence-corrected chi connectivity index (χ1v) is 6.73. The van der Waals surface area contributed by atoms with Crippen LogP contribution in [0.5, 0.6) is 0 Å². The number of benzene rings is 1. The van der Waals surface area contributed by atoms with Gasteiger partial charge in [-0.15, -0.1) is 0 Å². The van der Waals surface area contributed by atoms with Crippen LogP contribution < -0.4 is 16.0 Å². The third-order valence-corrected chi connectivity index (χ3v) is 4.09. The molecule has 0 atom stereocenters. The third kappa shape index (κ3) is 2.18. The predicted molar refractivity (Wildman–Crippen MR) is 73.9 cm³/mol. The molecule has 1 aromatic carbocycles. The van der Waals surface area contributed by atoms with Crippen LogP contribution in [-0.4, -0.2) is 38.4 Å². The molecule has 2 aliphatic rings. The number of nitrogens with one attached hydrogen (secondary N) is 1. The van der Waals surface area contributed by atoms with Crippen LogP contribution in [0, 0.1) is 0 Å². The Labute approximate surface area is 108 Å². The first-order valence-electron chi connectivity index (χ1n) is 6.73. The van der Waals surface area contributed by atoms with Crippen molar-refractivity contribution in [1.82, 2.24) is 5.32 Å². The Morgan fingerprint density at radius 1 is 1.22 bits per heavy atom. The summed E-state index contributed by atoms with van der Waals surface area (Å²) in [4.78, 5) is 2.37. The molecule has 2 aliphatic heterocycles. The van der Waals surface area contributed by atoms with E-state index in [-0.39, 0.29) is 5.60 Å². The normalized spacial score (nSPS) is 23.2. The van der Waals surface area contributed by atoms with E-state index in [1.807, 2.05) is 12.1 Å². The van der Waals surface area contributed by atoms with E-state index in [4.69, 9.17) is 10.5 Å².